The molecular weight excluding hydrogens is 370 g/mol. The van der Waals surface area contributed by atoms with Crippen molar-refractivity contribution in [3.63, 3.8) is 0 Å². The number of hydrogen-bond donors (Lipinski definition) is 1. The molecule has 0 amide bonds. The first-order valence-corrected chi connectivity index (χ1v) is 10.3. The molecule has 1 aliphatic heterocycles. The monoisotopic (exact) mass is 395 g/mol. The van der Waals surface area contributed by atoms with Crippen LogP contribution in [0.3, 0.4) is 0 Å². The maximum atomic E-state index is 13.9. The lowest BCUT2D eigenvalue weighted by Gasteiger charge is -2.42. The van der Waals surface area contributed by atoms with Crippen LogP contribution >= 0.6 is 11.8 Å². The Bertz CT molecular complexity index is 752. The molecule has 5 nitrogen and oxygen atoms in total. The normalized spacial score (nSPS) is 17.2. The maximum Gasteiger partial charge on any atom is 0.335 e. The number of benzene rings is 1. The highest BCUT2D eigenvalue weighted by Crippen LogP contribution is 2.35. The fourth-order valence-corrected chi connectivity index (χ4v) is 3.93. The second-order valence-electron chi connectivity index (χ2n) is 6.69. The minimum atomic E-state index is -0.425. The number of rotatable bonds is 7. The summed E-state index contributed by atoms with van der Waals surface area (Å²) >= 11 is 1.25. The van der Waals surface area contributed by atoms with Gasteiger partial charge in [-0.25, -0.2) is 13.3 Å². The van der Waals surface area contributed by atoms with Gasteiger partial charge in [0.1, 0.15) is 29.6 Å². The number of thioether (sulfide) groups is 1. The molecule has 0 radical (unpaired) electrons. The van der Waals surface area contributed by atoms with Crippen LogP contribution in [0.15, 0.2) is 35.5 Å². The third kappa shape index (κ3) is 4.45. The van der Waals surface area contributed by atoms with E-state index in [1.807, 2.05) is 0 Å². The average molecular weight is 395 g/mol. The number of aromatic nitrogens is 2. The lowest BCUT2D eigenvalue weighted by molar-refractivity contribution is 0.162. The molecular formula is C19H25F2N4OS+. The van der Waals surface area contributed by atoms with Gasteiger partial charge in [0.25, 0.3) is 0 Å². The van der Waals surface area contributed by atoms with Gasteiger partial charge in [0.2, 0.25) is 0 Å². The molecule has 1 N–H and O–H groups in total. The predicted molar refractivity (Wildman–Crippen MR) is 104 cm³/mol. The number of aliphatic hydroxyl groups is 1. The van der Waals surface area contributed by atoms with E-state index in [-0.39, 0.29) is 12.4 Å². The Morgan fingerprint density at radius 2 is 1.85 bits per heavy atom. The van der Waals surface area contributed by atoms with E-state index in [9.17, 15) is 8.78 Å². The van der Waals surface area contributed by atoms with Crippen LogP contribution in [0.2, 0.25) is 0 Å². The fraction of sp³-hybridized carbons (Fsp3) is 0.474. The van der Waals surface area contributed by atoms with Crippen LogP contribution < -0.4 is 4.48 Å². The van der Waals surface area contributed by atoms with Crippen molar-refractivity contribution in [3.8, 4) is 0 Å². The van der Waals surface area contributed by atoms with Gasteiger partial charge >= 0.3 is 5.95 Å². The number of halogens is 2. The number of hydrogen-bond acceptors (Lipinski definition) is 5. The Balaban J connectivity index is 1.91. The summed E-state index contributed by atoms with van der Waals surface area (Å²) in [6.45, 7) is 4.26. The standard InChI is InChI=1S/C19H25F2N4OS/c1-27-18-17(21)14-22-19(23-18)25(16-6-4-15(20)5-7-16)11-9-24(10-12-25)8-2-3-13-26/h4-7,14,26H,2-3,8-13H2,1H3/q+1. The van der Waals surface area contributed by atoms with Gasteiger partial charge in [-0.1, -0.05) is 0 Å². The van der Waals surface area contributed by atoms with Gasteiger partial charge in [-0.2, -0.15) is 9.97 Å². The van der Waals surface area contributed by atoms with Crippen LogP contribution in [0.25, 0.3) is 0 Å². The number of unbranched alkanes of at least 4 members (excludes halogenated alkanes) is 1. The number of piperazine rings is 1. The third-order valence-corrected chi connectivity index (χ3v) is 5.75. The van der Waals surface area contributed by atoms with E-state index in [1.54, 1.807) is 18.4 Å². The van der Waals surface area contributed by atoms with Gasteiger partial charge < -0.3 is 5.11 Å². The summed E-state index contributed by atoms with van der Waals surface area (Å²) < 4.78 is 27.8. The molecule has 0 unspecified atom stereocenters. The van der Waals surface area contributed by atoms with Crippen molar-refractivity contribution in [2.75, 3.05) is 45.6 Å². The first-order chi connectivity index (χ1) is 13.1. The van der Waals surface area contributed by atoms with Crippen LogP contribution in [-0.2, 0) is 0 Å². The zero-order chi connectivity index (χ0) is 19.3. The Morgan fingerprint density at radius 3 is 2.48 bits per heavy atom. The summed E-state index contributed by atoms with van der Waals surface area (Å²) in [6, 6.07) is 6.42. The summed E-state index contributed by atoms with van der Waals surface area (Å²) in [5.74, 6) is -0.169. The largest absolute Gasteiger partial charge is 0.396 e. The van der Waals surface area contributed by atoms with E-state index in [2.05, 4.69) is 14.9 Å². The van der Waals surface area contributed by atoms with Gasteiger partial charge in [0.15, 0.2) is 5.82 Å². The van der Waals surface area contributed by atoms with Crippen LogP contribution in [-0.4, -0.2) is 65.6 Å². The van der Waals surface area contributed by atoms with Crippen LogP contribution in [0.5, 0.6) is 0 Å². The number of quaternary nitrogens is 1. The van der Waals surface area contributed by atoms with Gasteiger partial charge in [-0.15, -0.1) is 11.8 Å². The van der Waals surface area contributed by atoms with E-state index < -0.39 is 5.82 Å². The molecule has 27 heavy (non-hydrogen) atoms. The van der Waals surface area contributed by atoms with Crippen LogP contribution in [0, 0.1) is 11.6 Å². The van der Waals surface area contributed by atoms with Crippen molar-refractivity contribution in [2.45, 2.75) is 17.9 Å². The second kappa shape index (κ2) is 9.05. The lowest BCUT2D eigenvalue weighted by atomic mass is 10.1. The highest BCUT2D eigenvalue weighted by atomic mass is 32.2. The molecule has 8 heteroatoms. The van der Waals surface area contributed by atoms with E-state index in [4.69, 9.17) is 5.11 Å². The quantitative estimate of drug-likeness (QED) is 0.338. The molecule has 146 valence electrons. The van der Waals surface area contributed by atoms with Gasteiger partial charge in [-0.3, -0.25) is 4.90 Å². The fourth-order valence-electron chi connectivity index (χ4n) is 3.51. The second-order valence-corrected chi connectivity index (χ2v) is 7.49. The minimum absolute atomic E-state index is 0.213. The molecule has 0 aliphatic carbocycles. The summed E-state index contributed by atoms with van der Waals surface area (Å²) in [5.41, 5.74) is 0.907. The van der Waals surface area contributed by atoms with E-state index in [1.165, 1.54) is 30.1 Å². The Hall–Kier alpha value is -1.61. The molecule has 1 aliphatic rings. The Morgan fingerprint density at radius 1 is 1.15 bits per heavy atom. The molecule has 1 saturated heterocycles. The van der Waals surface area contributed by atoms with Crippen LogP contribution in [0.1, 0.15) is 12.8 Å². The minimum Gasteiger partial charge on any atom is -0.396 e. The molecule has 1 aromatic heterocycles. The molecule has 1 aromatic carbocycles. The van der Waals surface area contributed by atoms with Crippen molar-refractivity contribution in [2.24, 2.45) is 0 Å². The number of aliphatic hydroxyl groups excluding tert-OH is 1. The molecule has 0 atom stereocenters. The van der Waals surface area contributed by atoms with Crippen molar-refractivity contribution in [1.82, 2.24) is 19.4 Å². The molecule has 0 spiro atoms. The van der Waals surface area contributed by atoms with Gasteiger partial charge in [0.05, 0.1) is 6.20 Å². The van der Waals surface area contributed by atoms with Crippen molar-refractivity contribution < 1.29 is 13.9 Å². The van der Waals surface area contributed by atoms with E-state index in [0.717, 1.165) is 51.3 Å². The molecule has 2 aromatic rings. The molecule has 2 heterocycles. The zero-order valence-electron chi connectivity index (χ0n) is 15.4. The summed E-state index contributed by atoms with van der Waals surface area (Å²) in [6.07, 6.45) is 4.77. The van der Waals surface area contributed by atoms with Gasteiger partial charge in [0, 0.05) is 31.8 Å². The van der Waals surface area contributed by atoms with Crippen molar-refractivity contribution >= 4 is 23.4 Å². The predicted octanol–water partition coefficient (Wildman–Crippen LogP) is 3.20. The van der Waals surface area contributed by atoms with Crippen molar-refractivity contribution in [3.05, 3.63) is 42.1 Å². The smallest absolute Gasteiger partial charge is 0.335 e. The zero-order valence-corrected chi connectivity index (χ0v) is 16.3. The highest BCUT2D eigenvalue weighted by Gasteiger charge is 2.40. The highest BCUT2D eigenvalue weighted by molar-refractivity contribution is 7.98. The summed E-state index contributed by atoms with van der Waals surface area (Å²) in [5, 5.41) is 9.29. The lowest BCUT2D eigenvalue weighted by Crippen LogP contribution is -2.58. The third-order valence-electron chi connectivity index (χ3n) is 5.07. The van der Waals surface area contributed by atoms with E-state index >= 15 is 0 Å². The summed E-state index contributed by atoms with van der Waals surface area (Å²) in [7, 11) is 0. The average Bonchev–Trinajstić information content (AvgIpc) is 2.70. The SMILES string of the molecule is CSc1nc([N+]2(c3ccc(F)cc3)CCN(CCCCO)CC2)ncc1F. The molecule has 0 saturated carbocycles. The van der Waals surface area contributed by atoms with Gasteiger partial charge in [-0.05, 0) is 37.8 Å². The molecule has 3 rings (SSSR count). The Kier molecular flexibility index (Phi) is 6.75. The Labute approximate surface area is 162 Å². The molecule has 1 fully saturated rings. The van der Waals surface area contributed by atoms with Crippen LogP contribution in [0.4, 0.5) is 20.4 Å². The first-order valence-electron chi connectivity index (χ1n) is 9.12. The maximum absolute atomic E-state index is 13.9. The van der Waals surface area contributed by atoms with Crippen molar-refractivity contribution in [1.29, 1.82) is 0 Å². The summed E-state index contributed by atoms with van der Waals surface area (Å²) in [4.78, 5) is 11.2. The molecule has 0 bridgehead atoms. The van der Waals surface area contributed by atoms with E-state index in [0.29, 0.717) is 15.5 Å². The number of nitrogens with zero attached hydrogens (tertiary/aromatic N) is 4. The topological polar surface area (TPSA) is 49.2 Å². The first kappa shape index (κ1) is 20.1.